The number of benzene rings is 2. The van der Waals surface area contributed by atoms with Crippen LogP contribution in [0.3, 0.4) is 0 Å². The fourth-order valence-electron chi connectivity index (χ4n) is 2.72. The molecule has 3 aromatic rings. The normalized spacial score (nSPS) is 11.9. The predicted octanol–water partition coefficient (Wildman–Crippen LogP) is 4.52. The van der Waals surface area contributed by atoms with E-state index in [9.17, 15) is 26.4 Å². The summed E-state index contributed by atoms with van der Waals surface area (Å²) in [4.78, 5) is 12.8. The lowest BCUT2D eigenvalue weighted by Crippen LogP contribution is -2.29. The van der Waals surface area contributed by atoms with Crippen molar-refractivity contribution in [1.82, 2.24) is 5.32 Å². The summed E-state index contributed by atoms with van der Waals surface area (Å²) < 4.78 is 65.1. The van der Waals surface area contributed by atoms with Crippen LogP contribution in [-0.2, 0) is 22.7 Å². The number of hydrogen-bond donors (Lipinski definition) is 1. The van der Waals surface area contributed by atoms with Gasteiger partial charge in [0.2, 0.25) is 0 Å². The standard InChI is InChI=1S/C20H17F3N2O3S2/c1-25(30(27,28)16-8-3-2-4-9-16)17-10-11-29-18(17)19(26)24-13-14-6-5-7-15(12-14)20(21,22)23/h2-12H,13H2,1H3,(H,24,26). The molecule has 30 heavy (non-hydrogen) atoms. The Morgan fingerprint density at radius 2 is 1.77 bits per heavy atom. The van der Waals surface area contributed by atoms with E-state index in [1.165, 1.54) is 37.4 Å². The lowest BCUT2D eigenvalue weighted by Gasteiger charge is -2.19. The molecule has 0 spiro atoms. The minimum Gasteiger partial charge on any atom is -0.347 e. The van der Waals surface area contributed by atoms with Gasteiger partial charge in [-0.2, -0.15) is 13.2 Å². The van der Waals surface area contributed by atoms with Crippen LogP contribution >= 0.6 is 11.3 Å². The molecular weight excluding hydrogens is 437 g/mol. The Labute approximate surface area is 175 Å². The Morgan fingerprint density at radius 3 is 2.43 bits per heavy atom. The first-order valence-corrected chi connectivity index (χ1v) is 11.0. The van der Waals surface area contributed by atoms with Crippen molar-refractivity contribution in [2.75, 3.05) is 11.4 Å². The number of rotatable bonds is 6. The molecule has 0 aliphatic carbocycles. The van der Waals surface area contributed by atoms with Gasteiger partial charge < -0.3 is 5.32 Å². The van der Waals surface area contributed by atoms with Crippen LogP contribution in [0, 0.1) is 0 Å². The highest BCUT2D eigenvalue weighted by atomic mass is 32.2. The highest BCUT2D eigenvalue weighted by Gasteiger charge is 2.30. The second-order valence-corrected chi connectivity index (χ2v) is 9.19. The Bertz CT molecular complexity index is 1140. The summed E-state index contributed by atoms with van der Waals surface area (Å²) in [5.74, 6) is -0.576. The van der Waals surface area contributed by atoms with E-state index >= 15 is 0 Å². The van der Waals surface area contributed by atoms with Gasteiger partial charge in [0.15, 0.2) is 0 Å². The molecule has 5 nitrogen and oxygen atoms in total. The van der Waals surface area contributed by atoms with E-state index in [2.05, 4.69) is 5.32 Å². The number of carbonyl (C=O) groups excluding carboxylic acids is 1. The van der Waals surface area contributed by atoms with Crippen molar-refractivity contribution in [3.8, 4) is 0 Å². The number of alkyl halides is 3. The van der Waals surface area contributed by atoms with Crippen LogP contribution in [0.5, 0.6) is 0 Å². The number of sulfonamides is 1. The maximum Gasteiger partial charge on any atom is 0.416 e. The third-order valence-electron chi connectivity index (χ3n) is 4.30. The molecule has 0 aliphatic rings. The molecular formula is C20H17F3N2O3S2. The lowest BCUT2D eigenvalue weighted by atomic mass is 10.1. The Kier molecular flexibility index (Phi) is 6.18. The van der Waals surface area contributed by atoms with E-state index in [-0.39, 0.29) is 27.6 Å². The van der Waals surface area contributed by atoms with Gasteiger partial charge in [-0.3, -0.25) is 9.10 Å². The van der Waals surface area contributed by atoms with Crippen molar-refractivity contribution in [1.29, 1.82) is 0 Å². The van der Waals surface area contributed by atoms with E-state index in [0.29, 0.717) is 0 Å². The fraction of sp³-hybridized carbons (Fsp3) is 0.150. The van der Waals surface area contributed by atoms with Gasteiger partial charge in [-0.25, -0.2) is 8.42 Å². The third kappa shape index (κ3) is 4.65. The summed E-state index contributed by atoms with van der Waals surface area (Å²) in [7, 11) is -2.53. The maximum atomic E-state index is 12.8. The first kappa shape index (κ1) is 21.8. The summed E-state index contributed by atoms with van der Waals surface area (Å²) in [6.07, 6.45) is -4.48. The van der Waals surface area contributed by atoms with Gasteiger partial charge in [0, 0.05) is 13.6 Å². The van der Waals surface area contributed by atoms with Gasteiger partial charge >= 0.3 is 6.18 Å². The number of anilines is 1. The van der Waals surface area contributed by atoms with Gasteiger partial charge in [-0.05, 0) is 41.3 Å². The fourth-order valence-corrected chi connectivity index (χ4v) is 4.84. The molecule has 0 atom stereocenters. The number of nitrogens with zero attached hydrogens (tertiary/aromatic N) is 1. The van der Waals surface area contributed by atoms with Crippen molar-refractivity contribution < 1.29 is 26.4 Å². The smallest absolute Gasteiger partial charge is 0.347 e. The minimum absolute atomic E-state index is 0.0778. The highest BCUT2D eigenvalue weighted by molar-refractivity contribution is 7.92. The molecule has 1 heterocycles. The number of amides is 1. The molecule has 0 aliphatic heterocycles. The summed E-state index contributed by atoms with van der Waals surface area (Å²) in [5.41, 5.74) is -0.341. The first-order valence-electron chi connectivity index (χ1n) is 8.66. The zero-order valence-corrected chi connectivity index (χ0v) is 17.3. The van der Waals surface area contributed by atoms with Crippen molar-refractivity contribution in [3.63, 3.8) is 0 Å². The monoisotopic (exact) mass is 454 g/mol. The Morgan fingerprint density at radius 1 is 1.07 bits per heavy atom. The molecule has 0 saturated heterocycles. The van der Waals surface area contributed by atoms with E-state index < -0.39 is 27.7 Å². The van der Waals surface area contributed by atoms with E-state index in [0.717, 1.165) is 27.8 Å². The van der Waals surface area contributed by atoms with Crippen molar-refractivity contribution in [2.24, 2.45) is 0 Å². The van der Waals surface area contributed by atoms with Crippen LogP contribution in [0.4, 0.5) is 18.9 Å². The van der Waals surface area contributed by atoms with Gasteiger partial charge in [-0.1, -0.05) is 30.3 Å². The van der Waals surface area contributed by atoms with Gasteiger partial charge in [-0.15, -0.1) is 11.3 Å². The van der Waals surface area contributed by atoms with Gasteiger partial charge in [0.1, 0.15) is 4.88 Å². The number of carbonyl (C=O) groups is 1. The summed E-state index contributed by atoms with van der Waals surface area (Å²) in [6, 6.07) is 13.9. The van der Waals surface area contributed by atoms with Gasteiger partial charge in [0.25, 0.3) is 15.9 Å². The Hall–Kier alpha value is -2.85. The zero-order chi connectivity index (χ0) is 21.9. The highest BCUT2D eigenvalue weighted by Crippen LogP contribution is 2.31. The zero-order valence-electron chi connectivity index (χ0n) is 15.7. The average molecular weight is 454 g/mol. The molecule has 0 fully saturated rings. The number of halogens is 3. The van der Waals surface area contributed by atoms with Crippen LogP contribution in [0.1, 0.15) is 20.8 Å². The second kappa shape index (κ2) is 8.49. The van der Waals surface area contributed by atoms with Crippen LogP contribution in [0.2, 0.25) is 0 Å². The number of thiophene rings is 1. The largest absolute Gasteiger partial charge is 0.416 e. The summed E-state index contributed by atoms with van der Waals surface area (Å²) in [5, 5.41) is 4.12. The van der Waals surface area contributed by atoms with Crippen LogP contribution < -0.4 is 9.62 Å². The molecule has 2 aromatic carbocycles. The molecule has 1 aromatic heterocycles. The Balaban J connectivity index is 1.78. The molecule has 1 N–H and O–H groups in total. The summed E-state index contributed by atoms with van der Waals surface area (Å²) >= 11 is 1.04. The van der Waals surface area contributed by atoms with Crippen molar-refractivity contribution >= 4 is 33.0 Å². The van der Waals surface area contributed by atoms with Gasteiger partial charge in [0.05, 0.1) is 16.1 Å². The molecule has 158 valence electrons. The first-order chi connectivity index (χ1) is 14.1. The summed E-state index contributed by atoms with van der Waals surface area (Å²) in [6.45, 7) is -0.130. The van der Waals surface area contributed by atoms with E-state index in [1.54, 1.807) is 23.6 Å². The number of hydrogen-bond acceptors (Lipinski definition) is 4. The molecule has 0 unspecified atom stereocenters. The SMILES string of the molecule is CN(c1ccsc1C(=O)NCc1cccc(C(F)(F)F)c1)S(=O)(=O)c1ccccc1. The minimum atomic E-state index is -4.48. The molecule has 0 saturated carbocycles. The van der Waals surface area contributed by atoms with Crippen LogP contribution in [-0.4, -0.2) is 21.4 Å². The maximum absolute atomic E-state index is 12.8. The topological polar surface area (TPSA) is 66.5 Å². The molecule has 0 radical (unpaired) electrons. The second-order valence-electron chi connectivity index (χ2n) is 6.30. The predicted molar refractivity (Wildman–Crippen MR) is 109 cm³/mol. The van der Waals surface area contributed by atoms with E-state index in [1.807, 2.05) is 0 Å². The van der Waals surface area contributed by atoms with Crippen molar-refractivity contribution in [3.05, 3.63) is 82.0 Å². The van der Waals surface area contributed by atoms with Crippen molar-refractivity contribution in [2.45, 2.75) is 17.6 Å². The molecule has 3 rings (SSSR count). The average Bonchev–Trinajstić information content (AvgIpc) is 3.21. The molecule has 1 amide bonds. The lowest BCUT2D eigenvalue weighted by molar-refractivity contribution is -0.137. The molecule has 0 bridgehead atoms. The van der Waals surface area contributed by atoms with Crippen LogP contribution in [0.25, 0.3) is 0 Å². The van der Waals surface area contributed by atoms with E-state index in [4.69, 9.17) is 0 Å². The third-order valence-corrected chi connectivity index (χ3v) is 6.99. The quantitative estimate of drug-likeness (QED) is 0.596. The number of nitrogens with one attached hydrogen (secondary N) is 1. The van der Waals surface area contributed by atoms with Crippen LogP contribution in [0.15, 0.2) is 70.9 Å². The molecule has 10 heteroatoms.